The van der Waals surface area contributed by atoms with Gasteiger partial charge in [0.25, 0.3) is 0 Å². The highest BCUT2D eigenvalue weighted by Crippen LogP contribution is 2.34. The van der Waals surface area contributed by atoms with Gasteiger partial charge in [-0.3, -0.25) is 24.1 Å². The molecule has 0 unspecified atom stereocenters. The molecular weight excluding hydrogens is 346 g/mol. The number of benzene rings is 1. The maximum absolute atomic E-state index is 12.3. The fourth-order valence-corrected chi connectivity index (χ4v) is 3.19. The highest BCUT2D eigenvalue weighted by atomic mass is 35.5. The van der Waals surface area contributed by atoms with Gasteiger partial charge >= 0.3 is 5.97 Å². The average molecular weight is 362 g/mol. The molecule has 1 fully saturated rings. The largest absolute Gasteiger partial charge is 0.456 e. The molecule has 0 spiro atoms. The highest BCUT2D eigenvalue weighted by molar-refractivity contribution is 6.30. The normalized spacial score (nSPS) is 22.0. The van der Waals surface area contributed by atoms with Crippen LogP contribution in [0.4, 0.5) is 0 Å². The number of halogens is 1. The second-order valence-electron chi connectivity index (χ2n) is 6.01. The van der Waals surface area contributed by atoms with Gasteiger partial charge in [-0.2, -0.15) is 0 Å². The minimum absolute atomic E-state index is 0.347. The van der Waals surface area contributed by atoms with Gasteiger partial charge in [-0.1, -0.05) is 23.8 Å². The Labute approximate surface area is 149 Å². The molecule has 1 aromatic carbocycles. The van der Waals surface area contributed by atoms with Gasteiger partial charge in [0, 0.05) is 10.6 Å². The summed E-state index contributed by atoms with van der Waals surface area (Å²) in [6.07, 6.45) is 4.77. The molecule has 25 heavy (non-hydrogen) atoms. The number of fused-ring (bicyclic) bond motifs is 1. The Morgan fingerprint density at radius 3 is 2.16 bits per heavy atom. The zero-order chi connectivity index (χ0) is 18.0. The maximum atomic E-state index is 12.3. The summed E-state index contributed by atoms with van der Waals surface area (Å²) in [5, 5.41) is 0.496. The topological polar surface area (TPSA) is 80.8 Å². The standard InChI is InChI=1S/C18H16ClNO5/c19-12-7-5-11(6-8-12)15(21)10-25-16(22)9-20-17(23)13-3-1-2-4-14(13)18(20)24/h1-2,5-8,13-14H,3-4,9-10H2/t13-,14+. The van der Waals surface area contributed by atoms with E-state index in [1.54, 1.807) is 12.1 Å². The zero-order valence-corrected chi connectivity index (χ0v) is 14.1. The number of esters is 1. The van der Waals surface area contributed by atoms with Crippen LogP contribution in [0.1, 0.15) is 23.2 Å². The van der Waals surface area contributed by atoms with Gasteiger partial charge in [-0.15, -0.1) is 0 Å². The average Bonchev–Trinajstić information content (AvgIpc) is 2.86. The van der Waals surface area contributed by atoms with Crippen molar-refractivity contribution in [3.8, 4) is 0 Å². The van der Waals surface area contributed by atoms with Gasteiger partial charge in [0.15, 0.2) is 12.4 Å². The Hall–Kier alpha value is -2.47. The molecule has 1 aliphatic carbocycles. The fraction of sp³-hybridized carbons (Fsp3) is 0.333. The lowest BCUT2D eigenvalue weighted by atomic mass is 9.85. The van der Waals surface area contributed by atoms with Gasteiger partial charge in [-0.25, -0.2) is 0 Å². The highest BCUT2D eigenvalue weighted by Gasteiger charge is 2.47. The first kappa shape index (κ1) is 17.4. The number of hydrogen-bond acceptors (Lipinski definition) is 5. The fourth-order valence-electron chi connectivity index (χ4n) is 3.06. The van der Waals surface area contributed by atoms with E-state index < -0.39 is 19.1 Å². The summed E-state index contributed by atoms with van der Waals surface area (Å²) in [6, 6.07) is 6.19. The van der Waals surface area contributed by atoms with Crippen molar-refractivity contribution < 1.29 is 23.9 Å². The second kappa shape index (κ2) is 7.19. The molecule has 1 aromatic rings. The molecule has 7 heteroatoms. The molecule has 6 nitrogen and oxygen atoms in total. The minimum Gasteiger partial charge on any atom is -0.456 e. The van der Waals surface area contributed by atoms with Crippen molar-refractivity contribution in [1.82, 2.24) is 4.90 Å². The number of ether oxygens (including phenoxy) is 1. The SMILES string of the molecule is O=C(CN1C(=O)[C@H]2CC=CC[C@H]2C1=O)OCC(=O)c1ccc(Cl)cc1. The third-order valence-corrected chi connectivity index (χ3v) is 4.67. The molecular formula is C18H16ClNO5. The van der Waals surface area contributed by atoms with Crippen molar-refractivity contribution in [3.05, 3.63) is 47.0 Å². The van der Waals surface area contributed by atoms with E-state index in [9.17, 15) is 19.2 Å². The van der Waals surface area contributed by atoms with Crippen molar-refractivity contribution in [2.45, 2.75) is 12.8 Å². The predicted octanol–water partition coefficient (Wildman–Crippen LogP) is 2.02. The number of imide groups is 1. The van der Waals surface area contributed by atoms with Gasteiger partial charge in [0.2, 0.25) is 11.8 Å². The summed E-state index contributed by atoms with van der Waals surface area (Å²) < 4.78 is 4.92. The summed E-state index contributed by atoms with van der Waals surface area (Å²) in [6.45, 7) is -0.913. The number of likely N-dealkylation sites (tertiary alicyclic amines) is 1. The first-order valence-electron chi connectivity index (χ1n) is 7.92. The van der Waals surface area contributed by atoms with Crippen LogP contribution in [0.15, 0.2) is 36.4 Å². The first-order valence-corrected chi connectivity index (χ1v) is 8.30. The summed E-state index contributed by atoms with van der Waals surface area (Å²) in [7, 11) is 0. The maximum Gasteiger partial charge on any atom is 0.326 e. The Morgan fingerprint density at radius 1 is 1.04 bits per heavy atom. The Kier molecular flexibility index (Phi) is 4.99. The van der Waals surface area contributed by atoms with E-state index in [0.717, 1.165) is 4.90 Å². The van der Waals surface area contributed by atoms with Crippen LogP contribution < -0.4 is 0 Å². The number of rotatable bonds is 5. The van der Waals surface area contributed by atoms with Crippen LogP contribution in [-0.2, 0) is 19.1 Å². The van der Waals surface area contributed by atoms with Crippen LogP contribution in [0.5, 0.6) is 0 Å². The molecule has 2 aliphatic rings. The van der Waals surface area contributed by atoms with Crippen molar-refractivity contribution >= 4 is 35.2 Å². The molecule has 0 aromatic heterocycles. The number of carbonyl (C=O) groups excluding carboxylic acids is 4. The van der Waals surface area contributed by atoms with Gasteiger partial charge in [0.05, 0.1) is 11.8 Å². The summed E-state index contributed by atoms with van der Waals surface area (Å²) in [5.41, 5.74) is 0.364. The van der Waals surface area contributed by atoms with Crippen LogP contribution in [0, 0.1) is 11.8 Å². The number of carbonyl (C=O) groups is 4. The summed E-state index contributed by atoms with van der Waals surface area (Å²) in [4.78, 5) is 49.3. The second-order valence-corrected chi connectivity index (χ2v) is 6.45. The first-order chi connectivity index (χ1) is 12.0. The van der Waals surface area contributed by atoms with Crippen LogP contribution in [0.3, 0.4) is 0 Å². The molecule has 2 amide bonds. The predicted molar refractivity (Wildman–Crippen MR) is 88.8 cm³/mol. The third-order valence-electron chi connectivity index (χ3n) is 4.42. The van der Waals surface area contributed by atoms with E-state index in [1.807, 2.05) is 12.2 Å². The van der Waals surface area contributed by atoms with Gasteiger partial charge < -0.3 is 4.74 Å². The Bertz CT molecular complexity index is 729. The van der Waals surface area contributed by atoms with Crippen LogP contribution in [0.25, 0.3) is 0 Å². The summed E-state index contributed by atoms with van der Waals surface area (Å²) in [5.74, 6) is -2.64. The zero-order valence-electron chi connectivity index (χ0n) is 13.3. The summed E-state index contributed by atoms with van der Waals surface area (Å²) >= 11 is 5.75. The van der Waals surface area contributed by atoms with Crippen molar-refractivity contribution in [1.29, 1.82) is 0 Å². The van der Waals surface area contributed by atoms with E-state index in [4.69, 9.17) is 16.3 Å². The minimum atomic E-state index is -0.782. The molecule has 1 heterocycles. The molecule has 0 bridgehead atoms. The molecule has 1 saturated heterocycles. The molecule has 2 atom stereocenters. The Balaban J connectivity index is 1.54. The van der Waals surface area contributed by atoms with Gasteiger partial charge in [-0.05, 0) is 37.1 Å². The van der Waals surface area contributed by atoms with Gasteiger partial charge in [0.1, 0.15) is 6.54 Å². The smallest absolute Gasteiger partial charge is 0.326 e. The molecule has 3 rings (SSSR count). The van der Waals surface area contributed by atoms with E-state index in [2.05, 4.69) is 0 Å². The quantitative estimate of drug-likeness (QED) is 0.347. The van der Waals surface area contributed by atoms with Crippen molar-refractivity contribution in [2.75, 3.05) is 13.2 Å². The van der Waals surface area contributed by atoms with E-state index >= 15 is 0 Å². The molecule has 1 aliphatic heterocycles. The number of allylic oxidation sites excluding steroid dienone is 2. The molecule has 130 valence electrons. The van der Waals surface area contributed by atoms with Crippen LogP contribution in [-0.4, -0.2) is 41.6 Å². The number of amides is 2. The molecule has 0 radical (unpaired) electrons. The third kappa shape index (κ3) is 3.64. The molecule has 0 N–H and O–H groups in total. The van der Waals surface area contributed by atoms with E-state index in [-0.39, 0.29) is 29.4 Å². The lowest BCUT2D eigenvalue weighted by Gasteiger charge is -2.14. The van der Waals surface area contributed by atoms with E-state index in [0.29, 0.717) is 23.4 Å². The number of nitrogens with zero attached hydrogens (tertiary/aromatic N) is 1. The number of hydrogen-bond donors (Lipinski definition) is 0. The lowest BCUT2D eigenvalue weighted by molar-refractivity contribution is -0.152. The van der Waals surface area contributed by atoms with E-state index in [1.165, 1.54) is 12.1 Å². The van der Waals surface area contributed by atoms with Crippen LogP contribution >= 0.6 is 11.6 Å². The number of Topliss-reactive ketones (excluding diaryl/α,β-unsaturated/α-hetero) is 1. The number of ketones is 1. The monoisotopic (exact) mass is 361 g/mol. The lowest BCUT2D eigenvalue weighted by Crippen LogP contribution is -2.37. The van der Waals surface area contributed by atoms with Crippen molar-refractivity contribution in [3.63, 3.8) is 0 Å². The van der Waals surface area contributed by atoms with Crippen LogP contribution in [0.2, 0.25) is 5.02 Å². The Morgan fingerprint density at radius 2 is 1.60 bits per heavy atom. The van der Waals surface area contributed by atoms with Crippen molar-refractivity contribution in [2.24, 2.45) is 11.8 Å². The molecule has 0 saturated carbocycles.